The fraction of sp³-hybridized carbons (Fsp3) is 0.375. The Hall–Kier alpha value is -3.19. The van der Waals surface area contributed by atoms with Crippen molar-refractivity contribution in [2.24, 2.45) is 5.92 Å². The molecule has 2 aromatic rings. The van der Waals surface area contributed by atoms with E-state index in [2.05, 4.69) is 10.6 Å². The van der Waals surface area contributed by atoms with E-state index in [9.17, 15) is 14.4 Å². The SMILES string of the molecule is CC(C)OC(=O)c1ccc(NC(=O)C[NH+]2CCC(C(=O)Nc3ccccc3)CC2)cc1. The van der Waals surface area contributed by atoms with Crippen LogP contribution in [0.4, 0.5) is 11.4 Å². The number of ether oxygens (including phenoxy) is 1. The second kappa shape index (κ2) is 10.7. The summed E-state index contributed by atoms with van der Waals surface area (Å²) in [6.45, 7) is 5.51. The van der Waals surface area contributed by atoms with Gasteiger partial charge in [-0.25, -0.2) is 4.79 Å². The van der Waals surface area contributed by atoms with Gasteiger partial charge in [0.1, 0.15) is 0 Å². The molecule has 1 saturated heterocycles. The number of nitrogens with one attached hydrogen (secondary N) is 3. The highest BCUT2D eigenvalue weighted by molar-refractivity contribution is 5.94. The number of rotatable bonds is 7. The van der Waals surface area contributed by atoms with Gasteiger partial charge in [0.2, 0.25) is 5.91 Å². The number of benzene rings is 2. The zero-order valence-electron chi connectivity index (χ0n) is 18.0. The summed E-state index contributed by atoms with van der Waals surface area (Å²) in [5.74, 6) is -0.438. The minimum atomic E-state index is -0.378. The Morgan fingerprint density at radius 3 is 2.16 bits per heavy atom. The number of amides is 2. The molecular weight excluding hydrogens is 394 g/mol. The average molecular weight is 425 g/mol. The highest BCUT2D eigenvalue weighted by Gasteiger charge is 2.28. The van der Waals surface area contributed by atoms with E-state index in [4.69, 9.17) is 4.74 Å². The van der Waals surface area contributed by atoms with Crippen molar-refractivity contribution in [3.63, 3.8) is 0 Å². The van der Waals surface area contributed by atoms with E-state index < -0.39 is 0 Å². The quantitative estimate of drug-likeness (QED) is 0.594. The lowest BCUT2D eigenvalue weighted by molar-refractivity contribution is -0.897. The number of esters is 1. The number of carbonyl (C=O) groups is 3. The van der Waals surface area contributed by atoms with Gasteiger partial charge in [0.15, 0.2) is 6.54 Å². The van der Waals surface area contributed by atoms with Gasteiger partial charge < -0.3 is 20.3 Å². The molecule has 0 unspecified atom stereocenters. The van der Waals surface area contributed by atoms with Gasteiger partial charge >= 0.3 is 5.97 Å². The Morgan fingerprint density at radius 1 is 0.935 bits per heavy atom. The van der Waals surface area contributed by atoms with Gasteiger partial charge in [-0.15, -0.1) is 0 Å². The van der Waals surface area contributed by atoms with E-state index in [1.54, 1.807) is 38.1 Å². The molecule has 0 spiro atoms. The van der Waals surface area contributed by atoms with E-state index in [0.717, 1.165) is 31.6 Å². The Bertz CT molecular complexity index is 889. The summed E-state index contributed by atoms with van der Waals surface area (Å²) in [6.07, 6.45) is 1.34. The third kappa shape index (κ3) is 6.93. The summed E-state index contributed by atoms with van der Waals surface area (Å²) in [6, 6.07) is 16.1. The molecule has 1 heterocycles. The maximum Gasteiger partial charge on any atom is 0.338 e. The summed E-state index contributed by atoms with van der Waals surface area (Å²) in [5, 5.41) is 5.83. The Balaban J connectivity index is 1.41. The molecule has 3 rings (SSSR count). The number of anilines is 2. The van der Waals surface area contributed by atoms with Crippen LogP contribution in [-0.2, 0) is 14.3 Å². The molecule has 2 aromatic carbocycles. The molecular formula is C24H30N3O4+. The first-order valence-corrected chi connectivity index (χ1v) is 10.7. The standard InChI is InChI=1S/C24H29N3O4/c1-17(2)31-24(30)19-8-10-21(11-9-19)25-22(28)16-27-14-12-18(13-15-27)23(29)26-20-6-4-3-5-7-20/h3-11,17-18H,12-16H2,1-2H3,(H,25,28)(H,26,29)/p+1. The number of likely N-dealkylation sites (tertiary alicyclic amines) is 1. The third-order valence-corrected chi connectivity index (χ3v) is 5.26. The van der Waals surface area contributed by atoms with Crippen molar-refractivity contribution in [3.8, 4) is 0 Å². The number of carbonyl (C=O) groups excluding carboxylic acids is 3. The summed E-state index contributed by atoms with van der Waals surface area (Å²) >= 11 is 0. The topological polar surface area (TPSA) is 88.9 Å². The molecule has 2 amide bonds. The Kier molecular flexibility index (Phi) is 7.78. The summed E-state index contributed by atoms with van der Waals surface area (Å²) in [4.78, 5) is 37.9. The molecule has 1 fully saturated rings. The van der Waals surface area contributed by atoms with Crippen LogP contribution in [0.2, 0.25) is 0 Å². The van der Waals surface area contributed by atoms with Gasteiger partial charge in [-0.1, -0.05) is 18.2 Å². The second-order valence-electron chi connectivity index (χ2n) is 8.14. The molecule has 7 heteroatoms. The highest BCUT2D eigenvalue weighted by atomic mass is 16.5. The predicted octanol–water partition coefficient (Wildman–Crippen LogP) is 2.12. The molecule has 0 radical (unpaired) electrons. The van der Waals surface area contributed by atoms with Crippen molar-refractivity contribution in [1.82, 2.24) is 0 Å². The van der Waals surface area contributed by atoms with Crippen LogP contribution < -0.4 is 15.5 Å². The molecule has 164 valence electrons. The van der Waals surface area contributed by atoms with E-state index in [-0.39, 0.29) is 29.8 Å². The van der Waals surface area contributed by atoms with Crippen molar-refractivity contribution < 1.29 is 24.0 Å². The maximum atomic E-state index is 12.4. The van der Waals surface area contributed by atoms with Crippen LogP contribution in [0, 0.1) is 5.92 Å². The zero-order valence-corrected chi connectivity index (χ0v) is 18.0. The molecule has 1 aliphatic rings. The van der Waals surface area contributed by atoms with Crippen LogP contribution in [0.15, 0.2) is 54.6 Å². The number of para-hydroxylation sites is 1. The van der Waals surface area contributed by atoms with Crippen molar-refractivity contribution in [2.75, 3.05) is 30.3 Å². The first-order chi connectivity index (χ1) is 14.9. The Labute approximate surface area is 182 Å². The molecule has 0 aliphatic carbocycles. The van der Waals surface area contributed by atoms with Crippen molar-refractivity contribution in [3.05, 3.63) is 60.2 Å². The van der Waals surface area contributed by atoms with Gasteiger partial charge in [-0.05, 0) is 50.2 Å². The van der Waals surface area contributed by atoms with E-state index >= 15 is 0 Å². The van der Waals surface area contributed by atoms with Crippen LogP contribution in [0.3, 0.4) is 0 Å². The number of hydrogen-bond donors (Lipinski definition) is 3. The molecule has 1 aliphatic heterocycles. The van der Waals surface area contributed by atoms with E-state index in [0.29, 0.717) is 17.8 Å². The second-order valence-corrected chi connectivity index (χ2v) is 8.14. The van der Waals surface area contributed by atoms with Crippen molar-refractivity contribution in [1.29, 1.82) is 0 Å². The lowest BCUT2D eigenvalue weighted by Crippen LogP contribution is -3.14. The monoisotopic (exact) mass is 424 g/mol. The number of quaternary nitrogens is 1. The van der Waals surface area contributed by atoms with Crippen molar-refractivity contribution in [2.45, 2.75) is 32.8 Å². The molecule has 0 atom stereocenters. The van der Waals surface area contributed by atoms with Crippen LogP contribution in [0.1, 0.15) is 37.0 Å². The molecule has 0 aromatic heterocycles. The van der Waals surface area contributed by atoms with Gasteiger partial charge in [0, 0.05) is 30.1 Å². The smallest absolute Gasteiger partial charge is 0.338 e. The summed E-state index contributed by atoms with van der Waals surface area (Å²) in [5.41, 5.74) is 1.90. The van der Waals surface area contributed by atoms with E-state index in [1.165, 1.54) is 4.90 Å². The minimum Gasteiger partial charge on any atom is -0.459 e. The largest absolute Gasteiger partial charge is 0.459 e. The predicted molar refractivity (Wildman–Crippen MR) is 119 cm³/mol. The molecule has 3 N–H and O–H groups in total. The number of piperidine rings is 1. The lowest BCUT2D eigenvalue weighted by atomic mass is 9.96. The normalized spacial score (nSPS) is 18.3. The minimum absolute atomic E-state index is 0.0230. The highest BCUT2D eigenvalue weighted by Crippen LogP contribution is 2.14. The van der Waals surface area contributed by atoms with Gasteiger partial charge in [-0.2, -0.15) is 0 Å². The van der Waals surface area contributed by atoms with E-state index in [1.807, 2.05) is 30.3 Å². The third-order valence-electron chi connectivity index (χ3n) is 5.26. The first-order valence-electron chi connectivity index (χ1n) is 10.7. The van der Waals surface area contributed by atoms with Crippen LogP contribution in [0.5, 0.6) is 0 Å². The molecule has 31 heavy (non-hydrogen) atoms. The fourth-order valence-electron chi connectivity index (χ4n) is 3.63. The Morgan fingerprint density at radius 2 is 1.55 bits per heavy atom. The van der Waals surface area contributed by atoms with Gasteiger partial charge in [-0.3, -0.25) is 9.59 Å². The number of hydrogen-bond acceptors (Lipinski definition) is 4. The average Bonchev–Trinajstić information content (AvgIpc) is 2.75. The molecule has 7 nitrogen and oxygen atoms in total. The molecule has 0 bridgehead atoms. The van der Waals surface area contributed by atoms with Crippen LogP contribution in [0.25, 0.3) is 0 Å². The maximum absolute atomic E-state index is 12.4. The fourth-order valence-corrected chi connectivity index (χ4v) is 3.63. The summed E-state index contributed by atoms with van der Waals surface area (Å²) in [7, 11) is 0. The van der Waals surface area contributed by atoms with Crippen molar-refractivity contribution >= 4 is 29.2 Å². The van der Waals surface area contributed by atoms with Crippen LogP contribution >= 0.6 is 0 Å². The van der Waals surface area contributed by atoms with Crippen LogP contribution in [-0.4, -0.2) is 43.5 Å². The zero-order chi connectivity index (χ0) is 22.2. The van der Waals surface area contributed by atoms with Gasteiger partial charge in [0.05, 0.1) is 24.8 Å². The summed E-state index contributed by atoms with van der Waals surface area (Å²) < 4.78 is 5.16. The first kappa shape index (κ1) is 22.5. The lowest BCUT2D eigenvalue weighted by Gasteiger charge is -2.28. The van der Waals surface area contributed by atoms with Gasteiger partial charge in [0.25, 0.3) is 5.91 Å². The molecule has 0 saturated carbocycles.